The molecule has 0 saturated heterocycles. The van der Waals surface area contributed by atoms with E-state index >= 15 is 0 Å². The fourth-order valence-corrected chi connectivity index (χ4v) is 3.25. The van der Waals surface area contributed by atoms with Crippen LogP contribution in [-0.2, 0) is 0 Å². The third-order valence-corrected chi connectivity index (χ3v) is 4.63. The predicted octanol–water partition coefficient (Wildman–Crippen LogP) is 4.46. The van der Waals surface area contributed by atoms with E-state index in [1.54, 1.807) is 6.07 Å². The van der Waals surface area contributed by atoms with E-state index in [0.29, 0.717) is 22.3 Å². The molecule has 0 bridgehead atoms. The summed E-state index contributed by atoms with van der Waals surface area (Å²) in [6.45, 7) is 0. The molecule has 1 saturated carbocycles. The van der Waals surface area contributed by atoms with E-state index in [-0.39, 0.29) is 5.82 Å². The zero-order chi connectivity index (χ0) is 14.3. The molecule has 1 aliphatic rings. The zero-order valence-electron chi connectivity index (χ0n) is 10.8. The lowest BCUT2D eigenvalue weighted by Gasteiger charge is -2.11. The molecule has 0 spiro atoms. The second kappa shape index (κ2) is 5.44. The molecule has 3 rings (SSSR count). The molecular formula is C14H12ClFIN3. The molecule has 0 radical (unpaired) electrons. The quantitative estimate of drug-likeness (QED) is 0.769. The van der Waals surface area contributed by atoms with E-state index in [0.717, 1.165) is 27.9 Å². The summed E-state index contributed by atoms with van der Waals surface area (Å²) >= 11 is 8.37. The van der Waals surface area contributed by atoms with Crippen LogP contribution in [0.25, 0.3) is 11.4 Å². The van der Waals surface area contributed by atoms with Crippen molar-refractivity contribution in [2.75, 3.05) is 12.4 Å². The summed E-state index contributed by atoms with van der Waals surface area (Å²) in [6.07, 6.45) is 2.32. The lowest BCUT2D eigenvalue weighted by molar-refractivity contribution is 0.628. The van der Waals surface area contributed by atoms with Crippen molar-refractivity contribution in [3.8, 4) is 11.4 Å². The number of benzene rings is 1. The molecule has 0 amide bonds. The highest BCUT2D eigenvalue weighted by Crippen LogP contribution is 2.43. The lowest BCUT2D eigenvalue weighted by atomic mass is 10.2. The van der Waals surface area contributed by atoms with Crippen molar-refractivity contribution in [1.29, 1.82) is 0 Å². The van der Waals surface area contributed by atoms with Gasteiger partial charge in [0.1, 0.15) is 11.6 Å². The molecule has 20 heavy (non-hydrogen) atoms. The van der Waals surface area contributed by atoms with Gasteiger partial charge in [0.25, 0.3) is 0 Å². The smallest absolute Gasteiger partial charge is 0.163 e. The summed E-state index contributed by atoms with van der Waals surface area (Å²) < 4.78 is 14.2. The maximum atomic E-state index is 13.2. The second-order valence-electron chi connectivity index (χ2n) is 4.74. The normalized spacial score (nSPS) is 14.4. The van der Waals surface area contributed by atoms with Gasteiger partial charge in [0.15, 0.2) is 5.82 Å². The van der Waals surface area contributed by atoms with Crippen molar-refractivity contribution < 1.29 is 4.39 Å². The maximum absolute atomic E-state index is 13.2. The molecule has 1 aromatic heterocycles. The van der Waals surface area contributed by atoms with Gasteiger partial charge in [0, 0.05) is 18.5 Å². The monoisotopic (exact) mass is 403 g/mol. The summed E-state index contributed by atoms with van der Waals surface area (Å²) in [4.78, 5) is 9.12. The molecule has 0 aliphatic heterocycles. The second-order valence-corrected chi connectivity index (χ2v) is 6.23. The maximum Gasteiger partial charge on any atom is 0.163 e. The van der Waals surface area contributed by atoms with Crippen LogP contribution in [0.2, 0.25) is 5.02 Å². The fraction of sp³-hybridized carbons (Fsp3) is 0.286. The minimum Gasteiger partial charge on any atom is -0.372 e. The van der Waals surface area contributed by atoms with E-state index in [1.165, 1.54) is 12.1 Å². The van der Waals surface area contributed by atoms with Crippen LogP contribution in [0.4, 0.5) is 10.2 Å². The summed E-state index contributed by atoms with van der Waals surface area (Å²) in [5.41, 5.74) is 1.71. The minimum absolute atomic E-state index is 0.329. The van der Waals surface area contributed by atoms with E-state index in [1.807, 2.05) is 7.05 Å². The van der Waals surface area contributed by atoms with Gasteiger partial charge in [-0.15, -0.1) is 0 Å². The Morgan fingerprint density at radius 2 is 2.10 bits per heavy atom. The first kappa shape index (κ1) is 14.0. The first-order chi connectivity index (χ1) is 9.60. The Bertz CT molecular complexity index is 674. The molecule has 1 N–H and O–H groups in total. The number of anilines is 1. The van der Waals surface area contributed by atoms with Gasteiger partial charge in [0.05, 0.1) is 14.3 Å². The first-order valence-electron chi connectivity index (χ1n) is 6.30. The van der Waals surface area contributed by atoms with Crippen molar-refractivity contribution in [3.05, 3.63) is 38.3 Å². The van der Waals surface area contributed by atoms with Gasteiger partial charge in [-0.05, 0) is 53.6 Å². The zero-order valence-corrected chi connectivity index (χ0v) is 13.7. The molecule has 1 heterocycles. The third-order valence-electron chi connectivity index (χ3n) is 3.25. The lowest BCUT2D eigenvalue weighted by Crippen LogP contribution is -2.05. The molecule has 1 aromatic carbocycles. The van der Waals surface area contributed by atoms with Gasteiger partial charge in [-0.2, -0.15) is 0 Å². The van der Waals surface area contributed by atoms with Crippen LogP contribution in [0.1, 0.15) is 24.5 Å². The standard InChI is InChI=1S/C14H12ClFIN3/c1-18-14-11(17)12(7-2-3-7)19-13(20-14)9-5-4-8(16)6-10(9)15/h4-7H,2-3H2,1H3,(H,18,19,20). The van der Waals surface area contributed by atoms with E-state index in [4.69, 9.17) is 11.6 Å². The van der Waals surface area contributed by atoms with Crippen LogP contribution in [0.15, 0.2) is 18.2 Å². The van der Waals surface area contributed by atoms with Gasteiger partial charge in [-0.1, -0.05) is 11.6 Å². The number of hydrogen-bond acceptors (Lipinski definition) is 3. The summed E-state index contributed by atoms with van der Waals surface area (Å²) in [5.74, 6) is 1.48. The largest absolute Gasteiger partial charge is 0.372 e. The Morgan fingerprint density at radius 3 is 2.70 bits per heavy atom. The Labute approximate surface area is 135 Å². The summed E-state index contributed by atoms with van der Waals surface area (Å²) in [5, 5.41) is 3.41. The molecule has 3 nitrogen and oxygen atoms in total. The molecular weight excluding hydrogens is 392 g/mol. The van der Waals surface area contributed by atoms with Crippen LogP contribution in [-0.4, -0.2) is 17.0 Å². The molecule has 1 aliphatic carbocycles. The van der Waals surface area contributed by atoms with Gasteiger partial charge in [-0.25, -0.2) is 14.4 Å². The Hall–Kier alpha value is -0.950. The first-order valence-corrected chi connectivity index (χ1v) is 7.76. The minimum atomic E-state index is -0.361. The van der Waals surface area contributed by atoms with Gasteiger partial charge < -0.3 is 5.32 Å². The van der Waals surface area contributed by atoms with Crippen molar-refractivity contribution in [2.24, 2.45) is 0 Å². The van der Waals surface area contributed by atoms with Gasteiger partial charge in [0.2, 0.25) is 0 Å². The fourth-order valence-electron chi connectivity index (χ4n) is 2.05. The van der Waals surface area contributed by atoms with Crippen molar-refractivity contribution in [2.45, 2.75) is 18.8 Å². The number of nitrogens with zero attached hydrogens (tertiary/aromatic N) is 2. The summed E-state index contributed by atoms with van der Waals surface area (Å²) in [7, 11) is 1.83. The molecule has 6 heteroatoms. The molecule has 0 atom stereocenters. The highest BCUT2D eigenvalue weighted by atomic mass is 127. The molecule has 1 fully saturated rings. The van der Waals surface area contributed by atoms with Crippen LogP contribution in [0.5, 0.6) is 0 Å². The van der Waals surface area contributed by atoms with Crippen molar-refractivity contribution in [1.82, 2.24) is 9.97 Å². The Morgan fingerprint density at radius 1 is 1.35 bits per heavy atom. The van der Waals surface area contributed by atoms with E-state index in [9.17, 15) is 4.39 Å². The number of halogens is 3. The van der Waals surface area contributed by atoms with Crippen molar-refractivity contribution >= 4 is 40.0 Å². The van der Waals surface area contributed by atoms with Gasteiger partial charge >= 0.3 is 0 Å². The van der Waals surface area contributed by atoms with Crippen LogP contribution < -0.4 is 5.32 Å². The highest BCUT2D eigenvalue weighted by Gasteiger charge is 2.29. The number of hydrogen-bond donors (Lipinski definition) is 1. The molecule has 2 aromatic rings. The number of rotatable bonds is 3. The number of aromatic nitrogens is 2. The summed E-state index contributed by atoms with van der Waals surface area (Å²) in [6, 6.07) is 4.28. The Balaban J connectivity index is 2.15. The van der Waals surface area contributed by atoms with Crippen LogP contribution in [0.3, 0.4) is 0 Å². The van der Waals surface area contributed by atoms with E-state index in [2.05, 4.69) is 37.9 Å². The van der Waals surface area contributed by atoms with E-state index < -0.39 is 0 Å². The average molecular weight is 404 g/mol. The van der Waals surface area contributed by atoms with Crippen LogP contribution in [0, 0.1) is 9.39 Å². The molecule has 104 valence electrons. The SMILES string of the molecule is CNc1nc(-c2ccc(F)cc2Cl)nc(C2CC2)c1I. The van der Waals surface area contributed by atoms with Crippen LogP contribution >= 0.6 is 34.2 Å². The highest BCUT2D eigenvalue weighted by molar-refractivity contribution is 14.1. The van der Waals surface area contributed by atoms with Crippen molar-refractivity contribution in [3.63, 3.8) is 0 Å². The average Bonchev–Trinajstić information content (AvgIpc) is 3.24. The van der Waals surface area contributed by atoms with Gasteiger partial charge in [-0.3, -0.25) is 0 Å². The topological polar surface area (TPSA) is 37.8 Å². The predicted molar refractivity (Wildman–Crippen MR) is 86.7 cm³/mol. The Kier molecular flexibility index (Phi) is 3.81. The molecule has 0 unspecified atom stereocenters. The number of nitrogens with one attached hydrogen (secondary N) is 1. The third kappa shape index (κ3) is 2.61.